The summed E-state index contributed by atoms with van der Waals surface area (Å²) < 4.78 is 28.7. The summed E-state index contributed by atoms with van der Waals surface area (Å²) >= 11 is 2.98. The van der Waals surface area contributed by atoms with Crippen LogP contribution in [0.2, 0.25) is 0 Å². The molecular weight excluding hydrogens is 416 g/mol. The molecule has 1 atom stereocenters. The van der Waals surface area contributed by atoms with Crippen LogP contribution >= 0.6 is 22.7 Å². The summed E-state index contributed by atoms with van der Waals surface area (Å²) in [6.07, 6.45) is 0.368. The van der Waals surface area contributed by atoms with Gasteiger partial charge in [-0.25, -0.2) is 8.42 Å². The van der Waals surface area contributed by atoms with E-state index in [2.05, 4.69) is 4.72 Å². The number of benzene rings is 1. The molecule has 1 N–H and O–H groups in total. The molecule has 3 heterocycles. The molecule has 9 heteroatoms. The Balaban J connectivity index is 1.61. The minimum Gasteiger partial charge on any atom is -0.274 e. The standard InChI is InChI=1S/C19H16N2O4S3/c22-17-7-8-18(23)21(17)14-3-5-15(6-4-14)28(24,25)20-19(13-9-11-26-12-13)16-2-1-10-27-16/h1-6,9-12,19-20H,7-8H2/t19-/m1/s1. The lowest BCUT2D eigenvalue weighted by Gasteiger charge is -2.18. The largest absolute Gasteiger partial charge is 0.274 e. The van der Waals surface area contributed by atoms with E-state index in [4.69, 9.17) is 0 Å². The number of amides is 2. The molecule has 0 radical (unpaired) electrons. The van der Waals surface area contributed by atoms with Gasteiger partial charge in [-0.05, 0) is 58.1 Å². The number of carbonyl (C=O) groups excluding carboxylic acids is 2. The third kappa shape index (κ3) is 3.66. The van der Waals surface area contributed by atoms with Gasteiger partial charge in [0.15, 0.2) is 0 Å². The maximum atomic E-state index is 12.9. The molecule has 2 amide bonds. The number of hydrogen-bond acceptors (Lipinski definition) is 6. The van der Waals surface area contributed by atoms with Crippen molar-refractivity contribution in [2.24, 2.45) is 0 Å². The van der Waals surface area contributed by atoms with E-state index in [9.17, 15) is 18.0 Å². The number of sulfonamides is 1. The van der Waals surface area contributed by atoms with Gasteiger partial charge in [-0.3, -0.25) is 14.5 Å². The van der Waals surface area contributed by atoms with Crippen LogP contribution in [0.5, 0.6) is 0 Å². The van der Waals surface area contributed by atoms with Crippen LogP contribution in [0, 0.1) is 0 Å². The van der Waals surface area contributed by atoms with Crippen LogP contribution in [0.15, 0.2) is 63.5 Å². The van der Waals surface area contributed by atoms with Crippen molar-refractivity contribution in [2.75, 3.05) is 4.90 Å². The van der Waals surface area contributed by atoms with Crippen molar-refractivity contribution < 1.29 is 18.0 Å². The van der Waals surface area contributed by atoms with Crippen molar-refractivity contribution >= 4 is 50.2 Å². The molecule has 2 aromatic heterocycles. The van der Waals surface area contributed by atoms with E-state index in [-0.39, 0.29) is 29.6 Å². The Bertz CT molecular complexity index is 1040. The molecule has 4 rings (SSSR count). The van der Waals surface area contributed by atoms with Crippen LogP contribution in [-0.4, -0.2) is 20.2 Å². The van der Waals surface area contributed by atoms with Gasteiger partial charge in [0.05, 0.1) is 16.6 Å². The van der Waals surface area contributed by atoms with Gasteiger partial charge in [-0.2, -0.15) is 16.1 Å². The lowest BCUT2D eigenvalue weighted by Crippen LogP contribution is -2.30. The Kier molecular flexibility index (Phi) is 5.15. The zero-order chi connectivity index (χ0) is 19.7. The van der Waals surface area contributed by atoms with Gasteiger partial charge in [0.2, 0.25) is 21.8 Å². The molecule has 144 valence electrons. The molecule has 1 saturated heterocycles. The molecule has 0 unspecified atom stereocenters. The average Bonchev–Trinajstić information content (AvgIpc) is 3.43. The number of imide groups is 1. The van der Waals surface area contributed by atoms with E-state index in [1.165, 1.54) is 46.9 Å². The topological polar surface area (TPSA) is 83.6 Å². The average molecular weight is 433 g/mol. The molecule has 0 bridgehead atoms. The third-order valence-electron chi connectivity index (χ3n) is 4.43. The van der Waals surface area contributed by atoms with Crippen molar-refractivity contribution in [1.29, 1.82) is 0 Å². The third-order valence-corrected chi connectivity index (χ3v) is 7.51. The molecule has 1 fully saturated rings. The lowest BCUT2D eigenvalue weighted by molar-refractivity contribution is -0.121. The molecule has 0 spiro atoms. The molecule has 0 aliphatic carbocycles. The van der Waals surface area contributed by atoms with Crippen LogP contribution < -0.4 is 9.62 Å². The van der Waals surface area contributed by atoms with Gasteiger partial charge in [-0.1, -0.05) is 6.07 Å². The van der Waals surface area contributed by atoms with Crippen LogP contribution in [0.25, 0.3) is 0 Å². The predicted octanol–water partition coefficient (Wildman–Crippen LogP) is 3.53. The maximum Gasteiger partial charge on any atom is 0.241 e. The van der Waals surface area contributed by atoms with Crippen molar-refractivity contribution in [3.05, 3.63) is 69.0 Å². The quantitative estimate of drug-likeness (QED) is 0.604. The van der Waals surface area contributed by atoms with E-state index < -0.39 is 16.1 Å². The SMILES string of the molecule is O=C1CCC(=O)N1c1ccc(S(=O)(=O)N[C@H](c2ccsc2)c2cccs2)cc1. The first-order valence-corrected chi connectivity index (χ1v) is 11.8. The zero-order valence-electron chi connectivity index (χ0n) is 14.6. The fourth-order valence-electron chi connectivity index (χ4n) is 3.05. The summed E-state index contributed by atoms with van der Waals surface area (Å²) in [5, 5.41) is 5.73. The monoisotopic (exact) mass is 432 g/mol. The summed E-state index contributed by atoms with van der Waals surface area (Å²) in [5.74, 6) is -0.539. The van der Waals surface area contributed by atoms with Crippen LogP contribution in [0.1, 0.15) is 29.3 Å². The van der Waals surface area contributed by atoms with Crippen molar-refractivity contribution in [3.63, 3.8) is 0 Å². The van der Waals surface area contributed by atoms with Gasteiger partial charge >= 0.3 is 0 Å². The van der Waals surface area contributed by atoms with Crippen LogP contribution in [0.3, 0.4) is 0 Å². The first kappa shape index (κ1) is 19.0. The summed E-state index contributed by atoms with van der Waals surface area (Å²) in [4.78, 5) is 25.8. The molecule has 1 aliphatic heterocycles. The summed E-state index contributed by atoms with van der Waals surface area (Å²) in [7, 11) is -3.81. The zero-order valence-corrected chi connectivity index (χ0v) is 17.0. The molecule has 1 aromatic carbocycles. The highest BCUT2D eigenvalue weighted by Crippen LogP contribution is 2.30. The normalized spacial score (nSPS) is 15.9. The Labute approximate surface area is 170 Å². The van der Waals surface area contributed by atoms with Crippen molar-refractivity contribution in [1.82, 2.24) is 4.72 Å². The first-order valence-electron chi connectivity index (χ1n) is 8.49. The number of anilines is 1. The molecular formula is C19H16N2O4S3. The second-order valence-corrected chi connectivity index (χ2v) is 9.72. The van der Waals surface area contributed by atoms with Crippen LogP contribution in [0.4, 0.5) is 5.69 Å². The summed E-state index contributed by atoms with van der Waals surface area (Å²) in [6, 6.07) is 11.0. The van der Waals surface area contributed by atoms with Gasteiger partial charge in [-0.15, -0.1) is 11.3 Å². The predicted molar refractivity (Wildman–Crippen MR) is 109 cm³/mol. The first-order chi connectivity index (χ1) is 13.5. The summed E-state index contributed by atoms with van der Waals surface area (Å²) in [5.41, 5.74) is 1.26. The number of rotatable bonds is 6. The lowest BCUT2D eigenvalue weighted by atomic mass is 10.1. The fourth-order valence-corrected chi connectivity index (χ4v) is 5.81. The van der Waals surface area contributed by atoms with Gasteiger partial charge in [0.1, 0.15) is 0 Å². The number of hydrogen-bond donors (Lipinski definition) is 1. The Morgan fingerprint density at radius 3 is 2.25 bits per heavy atom. The number of nitrogens with one attached hydrogen (secondary N) is 1. The van der Waals surface area contributed by atoms with E-state index in [1.807, 2.05) is 34.3 Å². The number of thiophene rings is 2. The minimum atomic E-state index is -3.81. The van der Waals surface area contributed by atoms with Crippen LogP contribution in [-0.2, 0) is 19.6 Å². The second kappa shape index (κ2) is 7.59. The molecule has 3 aromatic rings. The molecule has 0 saturated carbocycles. The number of nitrogens with zero attached hydrogens (tertiary/aromatic N) is 1. The van der Waals surface area contributed by atoms with E-state index >= 15 is 0 Å². The minimum absolute atomic E-state index is 0.0760. The van der Waals surface area contributed by atoms with Gasteiger partial charge in [0.25, 0.3) is 0 Å². The van der Waals surface area contributed by atoms with E-state index in [1.54, 1.807) is 0 Å². The molecule has 28 heavy (non-hydrogen) atoms. The van der Waals surface area contributed by atoms with Gasteiger partial charge in [0, 0.05) is 17.7 Å². The Morgan fingerprint density at radius 2 is 1.68 bits per heavy atom. The highest BCUT2D eigenvalue weighted by Gasteiger charge is 2.31. The smallest absolute Gasteiger partial charge is 0.241 e. The second-order valence-electron chi connectivity index (χ2n) is 6.24. The van der Waals surface area contributed by atoms with Gasteiger partial charge < -0.3 is 0 Å². The maximum absolute atomic E-state index is 12.9. The summed E-state index contributed by atoms with van der Waals surface area (Å²) in [6.45, 7) is 0. The highest BCUT2D eigenvalue weighted by atomic mass is 32.2. The molecule has 1 aliphatic rings. The Hall–Kier alpha value is -2.33. The fraction of sp³-hybridized carbons (Fsp3) is 0.158. The van der Waals surface area contributed by atoms with Crippen molar-refractivity contribution in [3.8, 4) is 0 Å². The Morgan fingerprint density at radius 1 is 0.964 bits per heavy atom. The van der Waals surface area contributed by atoms with Crippen molar-refractivity contribution in [2.45, 2.75) is 23.8 Å². The highest BCUT2D eigenvalue weighted by molar-refractivity contribution is 7.89. The molecule has 6 nitrogen and oxygen atoms in total. The number of carbonyl (C=O) groups is 2. The van der Waals surface area contributed by atoms with E-state index in [0.29, 0.717) is 5.69 Å². The van der Waals surface area contributed by atoms with E-state index in [0.717, 1.165) is 15.3 Å².